The van der Waals surface area contributed by atoms with E-state index < -0.39 is 33.3 Å². The van der Waals surface area contributed by atoms with Crippen LogP contribution in [0, 0.1) is 6.92 Å². The zero-order valence-corrected chi connectivity index (χ0v) is 18.6. The smallest absolute Gasteiger partial charge is 0.416 e. The van der Waals surface area contributed by atoms with Gasteiger partial charge in [-0.1, -0.05) is 18.2 Å². The Balaban J connectivity index is 2.05. The highest BCUT2D eigenvalue weighted by molar-refractivity contribution is 7.88. The van der Waals surface area contributed by atoms with Crippen LogP contribution in [0.2, 0.25) is 0 Å². The van der Waals surface area contributed by atoms with Crippen LogP contribution in [0.15, 0.2) is 42.1 Å². The molecule has 6 nitrogen and oxygen atoms in total. The lowest BCUT2D eigenvalue weighted by molar-refractivity contribution is -0.138. The fourth-order valence-corrected chi connectivity index (χ4v) is 4.88. The molecular weight excluding hydrogens is 445 g/mol. The molecule has 2 heterocycles. The third-order valence-corrected chi connectivity index (χ3v) is 6.13. The van der Waals surface area contributed by atoms with Gasteiger partial charge in [0.25, 0.3) is 5.91 Å². The molecule has 0 fully saturated rings. The van der Waals surface area contributed by atoms with Gasteiger partial charge in [0, 0.05) is 11.1 Å². The highest BCUT2D eigenvalue weighted by atomic mass is 32.2. The fourth-order valence-electron chi connectivity index (χ4n) is 4.17. The normalized spacial score (nSPS) is 17.7. The molecule has 0 radical (unpaired) electrons. The third-order valence-electron chi connectivity index (χ3n) is 5.55. The van der Waals surface area contributed by atoms with Gasteiger partial charge in [0.15, 0.2) is 0 Å². The third kappa shape index (κ3) is 3.62. The summed E-state index contributed by atoms with van der Waals surface area (Å²) in [5.74, 6) is -0.290. The number of nitrogens with zero attached hydrogens (tertiary/aromatic N) is 1. The maximum absolute atomic E-state index is 13.7. The standard InChI is InChI=1S/C22H21F3N2O4S/c1-12-15(22(23,24)25)9-10-16-17(12)18(19(21(2,3)31-16)26-32(4,29)30)27-11-13-7-5-6-8-14(13)20(27)28/h5-10,26H,11H2,1-4H3. The first kappa shape index (κ1) is 22.2. The van der Waals surface area contributed by atoms with Crippen LogP contribution in [0.1, 0.15) is 46.5 Å². The van der Waals surface area contributed by atoms with Crippen LogP contribution >= 0.6 is 0 Å². The summed E-state index contributed by atoms with van der Waals surface area (Å²) in [5, 5.41) is 0. The van der Waals surface area contributed by atoms with Crippen molar-refractivity contribution < 1.29 is 31.1 Å². The zero-order chi connectivity index (χ0) is 23.6. The van der Waals surface area contributed by atoms with Gasteiger partial charge in [-0.15, -0.1) is 0 Å². The van der Waals surface area contributed by atoms with Crippen molar-refractivity contribution in [3.63, 3.8) is 0 Å². The van der Waals surface area contributed by atoms with E-state index in [0.29, 0.717) is 11.1 Å². The van der Waals surface area contributed by atoms with Crippen molar-refractivity contribution in [1.82, 2.24) is 9.62 Å². The first-order valence-corrected chi connectivity index (χ1v) is 11.6. The number of carbonyl (C=O) groups is 1. The highest BCUT2D eigenvalue weighted by Gasteiger charge is 2.45. The fraction of sp³-hybridized carbons (Fsp3) is 0.318. The monoisotopic (exact) mass is 466 g/mol. The molecule has 4 rings (SSSR count). The molecule has 0 atom stereocenters. The number of nitrogens with one attached hydrogen (secondary N) is 1. The van der Waals surface area contributed by atoms with E-state index in [1.165, 1.54) is 17.9 Å². The van der Waals surface area contributed by atoms with E-state index in [0.717, 1.165) is 12.3 Å². The van der Waals surface area contributed by atoms with Gasteiger partial charge in [0.2, 0.25) is 10.0 Å². The molecule has 0 aliphatic carbocycles. The van der Waals surface area contributed by atoms with Crippen LogP contribution in [0.3, 0.4) is 0 Å². The van der Waals surface area contributed by atoms with Gasteiger partial charge in [-0.3, -0.25) is 9.52 Å². The van der Waals surface area contributed by atoms with Crippen LogP contribution in [0.5, 0.6) is 5.75 Å². The summed E-state index contributed by atoms with van der Waals surface area (Å²) in [4.78, 5) is 14.6. The summed E-state index contributed by atoms with van der Waals surface area (Å²) >= 11 is 0. The number of hydrogen-bond acceptors (Lipinski definition) is 4. The molecule has 10 heteroatoms. The Labute approximate surface area is 183 Å². The summed E-state index contributed by atoms with van der Waals surface area (Å²) < 4.78 is 73.8. The van der Waals surface area contributed by atoms with Crippen molar-refractivity contribution in [3.8, 4) is 5.75 Å². The lowest BCUT2D eigenvalue weighted by atomic mass is 9.90. The maximum Gasteiger partial charge on any atom is 0.416 e. The number of alkyl halides is 3. The summed E-state index contributed by atoms with van der Waals surface area (Å²) in [7, 11) is -3.84. The van der Waals surface area contributed by atoms with E-state index >= 15 is 0 Å². The Kier molecular flexibility index (Phi) is 4.85. The summed E-state index contributed by atoms with van der Waals surface area (Å²) in [6, 6.07) is 8.97. The molecule has 1 N–H and O–H groups in total. The van der Waals surface area contributed by atoms with Gasteiger partial charge in [0.1, 0.15) is 11.4 Å². The van der Waals surface area contributed by atoms with Crippen molar-refractivity contribution >= 4 is 21.6 Å². The van der Waals surface area contributed by atoms with Gasteiger partial charge in [-0.25, -0.2) is 8.42 Å². The summed E-state index contributed by atoms with van der Waals surface area (Å²) in [6.45, 7) is 4.55. The molecule has 0 unspecified atom stereocenters. The SMILES string of the molecule is Cc1c(C(F)(F)F)ccc2c1C(N1Cc3ccccc3C1=O)=C(NS(C)(=O)=O)C(C)(C)O2. The predicted molar refractivity (Wildman–Crippen MR) is 112 cm³/mol. The molecule has 32 heavy (non-hydrogen) atoms. The Bertz CT molecular complexity index is 1280. The number of benzene rings is 2. The molecule has 0 spiro atoms. The van der Waals surface area contributed by atoms with Gasteiger partial charge in [-0.2, -0.15) is 13.2 Å². The van der Waals surface area contributed by atoms with Crippen molar-refractivity contribution in [2.24, 2.45) is 0 Å². The average Bonchev–Trinajstić information content (AvgIpc) is 2.97. The number of hydrogen-bond donors (Lipinski definition) is 1. The Hall–Kier alpha value is -3.01. The number of sulfonamides is 1. The van der Waals surface area contributed by atoms with Crippen LogP contribution in [-0.4, -0.2) is 31.1 Å². The molecule has 0 aromatic heterocycles. The second-order valence-electron chi connectivity index (χ2n) is 8.37. The maximum atomic E-state index is 13.7. The zero-order valence-electron chi connectivity index (χ0n) is 17.8. The van der Waals surface area contributed by atoms with Crippen LogP contribution in [-0.2, 0) is 22.7 Å². The van der Waals surface area contributed by atoms with Gasteiger partial charge >= 0.3 is 6.18 Å². The van der Waals surface area contributed by atoms with Crippen molar-refractivity contribution in [2.45, 2.75) is 39.1 Å². The molecule has 0 bridgehead atoms. The van der Waals surface area contributed by atoms with Crippen molar-refractivity contribution in [3.05, 3.63) is 69.9 Å². The number of ether oxygens (including phenoxy) is 1. The lowest BCUT2D eigenvalue weighted by Crippen LogP contribution is -2.46. The van der Waals surface area contributed by atoms with Crippen molar-refractivity contribution in [1.29, 1.82) is 0 Å². The number of carbonyl (C=O) groups excluding carboxylic acids is 1. The molecule has 2 aliphatic rings. The summed E-state index contributed by atoms with van der Waals surface area (Å²) in [5.41, 5.74) is -1.12. The van der Waals surface area contributed by atoms with Crippen LogP contribution in [0.25, 0.3) is 5.70 Å². The quantitative estimate of drug-likeness (QED) is 0.741. The molecule has 0 saturated carbocycles. The Morgan fingerprint density at radius 2 is 1.78 bits per heavy atom. The second kappa shape index (κ2) is 6.99. The molecular formula is C22H21F3N2O4S. The van der Waals surface area contributed by atoms with E-state index in [-0.39, 0.29) is 34.8 Å². The number of fused-ring (bicyclic) bond motifs is 2. The van der Waals surface area contributed by atoms with Crippen LogP contribution < -0.4 is 9.46 Å². The molecule has 2 aromatic rings. The topological polar surface area (TPSA) is 75.7 Å². The van der Waals surface area contributed by atoms with Gasteiger partial charge in [-0.05, 0) is 50.1 Å². The molecule has 1 amide bonds. The first-order chi connectivity index (χ1) is 14.7. The molecule has 2 aliphatic heterocycles. The largest absolute Gasteiger partial charge is 0.481 e. The average molecular weight is 466 g/mol. The van der Waals surface area contributed by atoms with Crippen molar-refractivity contribution in [2.75, 3.05) is 6.26 Å². The number of amides is 1. The minimum Gasteiger partial charge on any atom is -0.481 e. The van der Waals surface area contributed by atoms with Gasteiger partial charge < -0.3 is 9.64 Å². The highest BCUT2D eigenvalue weighted by Crippen LogP contribution is 2.48. The minimum absolute atomic E-state index is 0.00363. The number of rotatable bonds is 3. The van der Waals surface area contributed by atoms with E-state index in [1.807, 2.05) is 0 Å². The van der Waals surface area contributed by atoms with E-state index in [4.69, 9.17) is 4.74 Å². The molecule has 2 aromatic carbocycles. The molecule has 0 saturated heterocycles. The number of halogens is 3. The minimum atomic E-state index is -4.64. The molecule has 170 valence electrons. The summed E-state index contributed by atoms with van der Waals surface area (Å²) in [6.07, 6.45) is -3.71. The Morgan fingerprint density at radius 1 is 1.12 bits per heavy atom. The predicted octanol–water partition coefficient (Wildman–Crippen LogP) is 4.06. The van der Waals surface area contributed by atoms with Gasteiger partial charge in [0.05, 0.1) is 29.8 Å². The van der Waals surface area contributed by atoms with E-state index in [9.17, 15) is 26.4 Å². The van der Waals surface area contributed by atoms with Crippen LogP contribution in [0.4, 0.5) is 13.2 Å². The van der Waals surface area contributed by atoms with E-state index in [2.05, 4.69) is 4.72 Å². The van der Waals surface area contributed by atoms with E-state index in [1.54, 1.807) is 38.1 Å². The second-order valence-corrected chi connectivity index (χ2v) is 10.1. The lowest BCUT2D eigenvalue weighted by Gasteiger charge is -2.40. The first-order valence-electron chi connectivity index (χ1n) is 9.73. The Morgan fingerprint density at radius 3 is 2.38 bits per heavy atom.